The molecule has 1 N–H and O–H groups in total. The Labute approximate surface area is 294 Å². The largest absolute Gasteiger partial charge is 0.385 e. The van der Waals surface area contributed by atoms with E-state index in [1.165, 1.54) is 23.6 Å². The number of hydrogen-bond donors (Lipinski definition) is 1. The maximum Gasteiger partial charge on any atom is 0.192 e. The normalized spacial score (nSPS) is 16.0. The number of aliphatic hydroxyl groups is 1. The van der Waals surface area contributed by atoms with Gasteiger partial charge in [0.2, 0.25) is 0 Å². The predicted octanol–water partition coefficient (Wildman–Crippen LogP) is 11.1. The van der Waals surface area contributed by atoms with Gasteiger partial charge in [-0.25, -0.2) is 0 Å². The third kappa shape index (κ3) is 10.6. The second-order valence-corrected chi connectivity index (χ2v) is 18.4. The highest BCUT2D eigenvalue weighted by atomic mass is 16.5. The first-order valence-corrected chi connectivity index (χ1v) is 18.4. The summed E-state index contributed by atoms with van der Waals surface area (Å²) in [4.78, 5) is 27.3. The van der Waals surface area contributed by atoms with Crippen LogP contribution < -0.4 is 0 Å². The molecule has 2 aromatic carbocycles. The van der Waals surface area contributed by atoms with Crippen LogP contribution in [0.15, 0.2) is 54.6 Å². The third-order valence-corrected chi connectivity index (χ3v) is 11.3. The summed E-state index contributed by atoms with van der Waals surface area (Å²) >= 11 is 0. The second-order valence-electron chi connectivity index (χ2n) is 18.4. The van der Waals surface area contributed by atoms with Gasteiger partial charge in [0.05, 0.1) is 0 Å². The molecule has 2 aromatic rings. The van der Waals surface area contributed by atoms with E-state index in [2.05, 4.69) is 138 Å². The number of carbonyl (C=O) groups is 2. The lowest BCUT2D eigenvalue weighted by molar-refractivity contribution is -0.148. The zero-order valence-electron chi connectivity index (χ0n) is 33.3. The van der Waals surface area contributed by atoms with Gasteiger partial charge < -0.3 is 9.84 Å². The van der Waals surface area contributed by atoms with Crippen molar-refractivity contribution in [1.82, 2.24) is 0 Å². The van der Waals surface area contributed by atoms with Gasteiger partial charge in [0.1, 0.15) is 17.5 Å². The first-order chi connectivity index (χ1) is 21.9. The van der Waals surface area contributed by atoms with Crippen LogP contribution in [0.2, 0.25) is 0 Å². The Morgan fingerprint density at radius 3 is 1.73 bits per heavy atom. The zero-order chi connectivity index (χ0) is 36.9. The molecule has 0 aliphatic heterocycles. The van der Waals surface area contributed by atoms with Crippen molar-refractivity contribution < 1.29 is 19.4 Å². The highest BCUT2D eigenvalue weighted by Crippen LogP contribution is 2.52. The summed E-state index contributed by atoms with van der Waals surface area (Å²) in [5.41, 5.74) is 1.62. The van der Waals surface area contributed by atoms with Crippen molar-refractivity contribution in [2.45, 2.75) is 158 Å². The van der Waals surface area contributed by atoms with Gasteiger partial charge in [-0.2, -0.15) is 0 Å². The van der Waals surface area contributed by atoms with Crippen LogP contribution in [0.25, 0.3) is 0 Å². The molecule has 0 fully saturated rings. The Morgan fingerprint density at radius 1 is 0.729 bits per heavy atom. The number of ketones is 2. The molecule has 270 valence electrons. The molecule has 4 atom stereocenters. The summed E-state index contributed by atoms with van der Waals surface area (Å²) < 4.78 is 5.99. The van der Waals surface area contributed by atoms with Crippen molar-refractivity contribution in [3.05, 3.63) is 71.3 Å². The molecule has 48 heavy (non-hydrogen) atoms. The van der Waals surface area contributed by atoms with Crippen molar-refractivity contribution in [3.8, 4) is 0 Å². The number of benzene rings is 2. The molecule has 2 rings (SSSR count). The molecule has 4 nitrogen and oxygen atoms in total. The Kier molecular flexibility index (Phi) is 14.1. The first kappa shape index (κ1) is 41.9. The number of hydrogen-bond acceptors (Lipinski definition) is 4. The lowest BCUT2D eigenvalue weighted by Crippen LogP contribution is -2.43. The van der Waals surface area contributed by atoms with Gasteiger partial charge in [-0.15, -0.1) is 0 Å². The molecule has 0 aliphatic rings. The molecule has 0 saturated heterocycles. The van der Waals surface area contributed by atoms with Crippen molar-refractivity contribution in [2.75, 3.05) is 6.61 Å². The average molecular weight is 663 g/mol. The molecule has 0 aromatic heterocycles. The van der Waals surface area contributed by atoms with E-state index in [1.54, 1.807) is 13.8 Å². The van der Waals surface area contributed by atoms with Crippen LogP contribution in [0.3, 0.4) is 0 Å². The standard InChI is InChI=1S/C44H70O4/c1-30(2)28-36(33-21-17-16-18-22-33)43(12,13)39(47)41(8,9)29-37(34-23-25-35(26-24-34)40(5,6)7)42(10,11)31(3)20-19-27-48-44(14,15)38(46)32(4)45/h16-18,21-26,30-32,36-37,45H,19-20,27-29H2,1-15H3. The van der Waals surface area contributed by atoms with Crippen molar-refractivity contribution in [3.63, 3.8) is 0 Å². The lowest BCUT2D eigenvalue weighted by atomic mass is 9.57. The number of ether oxygens (including phenoxy) is 1. The fraction of sp³-hybridized carbons (Fsp3) is 0.682. The van der Waals surface area contributed by atoms with E-state index in [1.807, 2.05) is 0 Å². The molecule has 4 heteroatoms. The molecule has 0 saturated carbocycles. The number of carbonyl (C=O) groups excluding carboxylic acids is 2. The maximum absolute atomic E-state index is 14.9. The van der Waals surface area contributed by atoms with Crippen LogP contribution in [0.4, 0.5) is 0 Å². The fourth-order valence-electron chi connectivity index (χ4n) is 7.67. The molecule has 0 spiro atoms. The summed E-state index contributed by atoms with van der Waals surface area (Å²) in [5.74, 6) is 1.09. The lowest BCUT2D eigenvalue weighted by Gasteiger charge is -2.46. The van der Waals surface area contributed by atoms with Crippen LogP contribution in [0.1, 0.15) is 158 Å². The Hall–Kier alpha value is -2.30. The summed E-state index contributed by atoms with van der Waals surface area (Å²) in [5, 5.41) is 9.79. The summed E-state index contributed by atoms with van der Waals surface area (Å²) in [6.45, 7) is 32.3. The van der Waals surface area contributed by atoms with E-state index in [0.717, 1.165) is 25.7 Å². The summed E-state index contributed by atoms with van der Waals surface area (Å²) in [6, 6.07) is 19.7. The smallest absolute Gasteiger partial charge is 0.192 e. The van der Waals surface area contributed by atoms with Gasteiger partial charge >= 0.3 is 0 Å². The Bertz CT molecular complexity index is 1310. The molecular weight excluding hydrogens is 592 g/mol. The van der Waals surface area contributed by atoms with Crippen LogP contribution in [-0.4, -0.2) is 35.0 Å². The van der Waals surface area contributed by atoms with E-state index in [0.29, 0.717) is 24.2 Å². The van der Waals surface area contributed by atoms with Gasteiger partial charge in [0.15, 0.2) is 5.78 Å². The van der Waals surface area contributed by atoms with Crippen molar-refractivity contribution >= 4 is 11.6 Å². The average Bonchev–Trinajstić information content (AvgIpc) is 2.99. The van der Waals surface area contributed by atoms with E-state index >= 15 is 0 Å². The summed E-state index contributed by atoms with van der Waals surface area (Å²) in [7, 11) is 0. The van der Waals surface area contributed by atoms with Gasteiger partial charge in [-0.1, -0.05) is 138 Å². The first-order valence-electron chi connectivity index (χ1n) is 18.4. The van der Waals surface area contributed by atoms with Crippen LogP contribution in [0, 0.1) is 28.1 Å². The van der Waals surface area contributed by atoms with Gasteiger partial charge in [0.25, 0.3) is 0 Å². The minimum absolute atomic E-state index is 0.0575. The summed E-state index contributed by atoms with van der Waals surface area (Å²) in [6.07, 6.45) is 2.39. The van der Waals surface area contributed by atoms with E-state index in [-0.39, 0.29) is 28.4 Å². The molecule has 0 heterocycles. The van der Waals surface area contributed by atoms with Crippen LogP contribution in [0.5, 0.6) is 0 Å². The van der Waals surface area contributed by atoms with Crippen molar-refractivity contribution in [2.24, 2.45) is 28.1 Å². The molecule has 0 aliphatic carbocycles. The van der Waals surface area contributed by atoms with E-state index in [4.69, 9.17) is 4.74 Å². The SMILES string of the molecule is CC(C)CC(c1ccccc1)C(C)(C)C(=O)C(C)(C)CC(c1ccc(C(C)(C)C)cc1)C(C)(C)C(C)CCCOC(C)(C)C(=O)C(C)O. The van der Waals surface area contributed by atoms with Gasteiger partial charge in [-0.05, 0) is 97.6 Å². The van der Waals surface area contributed by atoms with Crippen LogP contribution in [-0.2, 0) is 19.7 Å². The second kappa shape index (κ2) is 16.2. The maximum atomic E-state index is 14.9. The highest BCUT2D eigenvalue weighted by Gasteiger charge is 2.48. The number of rotatable bonds is 18. The molecule has 0 bridgehead atoms. The van der Waals surface area contributed by atoms with E-state index < -0.39 is 22.5 Å². The molecular formula is C44H70O4. The highest BCUT2D eigenvalue weighted by molar-refractivity contribution is 5.90. The minimum Gasteiger partial charge on any atom is -0.385 e. The molecule has 0 amide bonds. The van der Waals surface area contributed by atoms with Gasteiger partial charge in [-0.3, -0.25) is 9.59 Å². The number of Topliss-reactive ketones (excluding diaryl/α,β-unsaturated/α-hetero) is 2. The van der Waals surface area contributed by atoms with Crippen molar-refractivity contribution in [1.29, 1.82) is 0 Å². The Balaban J connectivity index is 2.45. The quantitative estimate of drug-likeness (QED) is 0.161. The van der Waals surface area contributed by atoms with E-state index in [9.17, 15) is 14.7 Å². The molecule has 4 unspecified atom stereocenters. The predicted molar refractivity (Wildman–Crippen MR) is 203 cm³/mol. The molecule has 0 radical (unpaired) electrons. The fourth-order valence-corrected chi connectivity index (χ4v) is 7.67. The monoisotopic (exact) mass is 663 g/mol. The third-order valence-electron chi connectivity index (χ3n) is 11.3. The number of aliphatic hydroxyl groups excluding tert-OH is 1. The zero-order valence-corrected chi connectivity index (χ0v) is 33.3. The Morgan fingerprint density at radius 2 is 1.25 bits per heavy atom. The minimum atomic E-state index is -1.05. The van der Waals surface area contributed by atoms with Gasteiger partial charge in [0, 0.05) is 17.4 Å². The topological polar surface area (TPSA) is 63.6 Å². The van der Waals surface area contributed by atoms with Crippen LogP contribution >= 0.6 is 0 Å².